The number of aryl methyl sites for hydroxylation is 1. The molecule has 1 aromatic heterocycles. The van der Waals surface area contributed by atoms with Gasteiger partial charge in [-0.25, -0.2) is 0 Å². The van der Waals surface area contributed by atoms with Crippen LogP contribution in [0.4, 0.5) is 5.69 Å². The zero-order chi connectivity index (χ0) is 20.1. The maximum Gasteiger partial charge on any atom is 0.257 e. The van der Waals surface area contributed by atoms with Gasteiger partial charge in [-0.05, 0) is 49.2 Å². The quantitative estimate of drug-likeness (QED) is 0.654. The monoisotopic (exact) mass is 393 g/mol. The van der Waals surface area contributed by atoms with E-state index in [-0.39, 0.29) is 17.9 Å². The first-order valence-electron chi connectivity index (χ1n) is 8.82. The van der Waals surface area contributed by atoms with Crippen molar-refractivity contribution in [2.45, 2.75) is 19.9 Å². The van der Waals surface area contributed by atoms with Gasteiger partial charge in [0.25, 0.3) is 11.8 Å². The second-order valence-corrected chi connectivity index (χ2v) is 6.92. The van der Waals surface area contributed by atoms with Crippen LogP contribution in [0.1, 0.15) is 44.8 Å². The minimum atomic E-state index is -0.344. The molecule has 2 amide bonds. The Hall–Kier alpha value is -3.18. The first-order valence-corrected chi connectivity index (χ1v) is 9.20. The van der Waals surface area contributed by atoms with Crippen LogP contribution < -0.4 is 10.6 Å². The summed E-state index contributed by atoms with van der Waals surface area (Å²) in [5, 5.41) is 6.34. The van der Waals surface area contributed by atoms with E-state index in [4.69, 9.17) is 11.6 Å². The average Bonchev–Trinajstić information content (AvgIpc) is 2.70. The van der Waals surface area contributed by atoms with Gasteiger partial charge in [0.2, 0.25) is 0 Å². The highest BCUT2D eigenvalue weighted by Crippen LogP contribution is 2.20. The van der Waals surface area contributed by atoms with E-state index in [1.807, 2.05) is 44.2 Å². The van der Waals surface area contributed by atoms with Gasteiger partial charge in [-0.15, -0.1) is 0 Å². The summed E-state index contributed by atoms with van der Waals surface area (Å²) >= 11 is 5.94. The molecule has 0 aliphatic carbocycles. The molecule has 0 aliphatic rings. The van der Waals surface area contributed by atoms with Crippen LogP contribution in [0.3, 0.4) is 0 Å². The third-order valence-corrected chi connectivity index (χ3v) is 4.58. The summed E-state index contributed by atoms with van der Waals surface area (Å²) in [5.41, 5.74) is 3.12. The van der Waals surface area contributed by atoms with Crippen LogP contribution in [0.2, 0.25) is 5.02 Å². The average molecular weight is 394 g/mol. The number of aromatic nitrogens is 1. The zero-order valence-corrected chi connectivity index (χ0v) is 16.3. The van der Waals surface area contributed by atoms with Gasteiger partial charge >= 0.3 is 0 Å². The predicted molar refractivity (Wildman–Crippen MR) is 111 cm³/mol. The van der Waals surface area contributed by atoms with E-state index in [0.29, 0.717) is 21.8 Å². The number of carbonyl (C=O) groups excluding carboxylic acids is 2. The van der Waals surface area contributed by atoms with Crippen LogP contribution in [0.25, 0.3) is 0 Å². The fourth-order valence-electron chi connectivity index (χ4n) is 2.76. The highest BCUT2D eigenvalue weighted by molar-refractivity contribution is 6.30. The normalized spacial score (nSPS) is 11.5. The molecule has 0 aliphatic heterocycles. The molecule has 0 bridgehead atoms. The Labute approximate surface area is 168 Å². The summed E-state index contributed by atoms with van der Waals surface area (Å²) in [4.78, 5) is 29.2. The first kappa shape index (κ1) is 19.6. The molecule has 1 unspecified atom stereocenters. The maximum absolute atomic E-state index is 12.6. The molecular weight excluding hydrogens is 374 g/mol. The van der Waals surface area contributed by atoms with Crippen molar-refractivity contribution in [3.05, 3.63) is 94.3 Å². The molecule has 0 fully saturated rings. The summed E-state index contributed by atoms with van der Waals surface area (Å²) in [5.74, 6) is -0.634. The van der Waals surface area contributed by atoms with Crippen LogP contribution in [0, 0.1) is 6.92 Å². The number of nitrogens with zero attached hydrogens (tertiary/aromatic N) is 1. The van der Waals surface area contributed by atoms with E-state index in [9.17, 15) is 9.59 Å². The van der Waals surface area contributed by atoms with Crippen molar-refractivity contribution < 1.29 is 9.59 Å². The third-order valence-electron chi connectivity index (χ3n) is 4.35. The second kappa shape index (κ2) is 8.67. The van der Waals surface area contributed by atoms with Crippen LogP contribution in [-0.2, 0) is 0 Å². The standard InChI is InChI=1S/C22H20ClN3O2/c1-14-10-19(23)8-9-20(14)26-22(28)18-11-17(12-24-13-18)21(27)25-15(2)16-6-4-3-5-7-16/h3-13,15H,1-2H3,(H,25,27)(H,26,28). The molecule has 1 heterocycles. The number of rotatable bonds is 5. The van der Waals surface area contributed by atoms with Crippen LogP contribution >= 0.6 is 11.6 Å². The minimum Gasteiger partial charge on any atom is -0.345 e. The fourth-order valence-corrected chi connectivity index (χ4v) is 2.98. The van der Waals surface area contributed by atoms with Crippen molar-refractivity contribution in [2.75, 3.05) is 5.32 Å². The lowest BCUT2D eigenvalue weighted by atomic mass is 10.1. The Morgan fingerprint density at radius 1 is 0.964 bits per heavy atom. The maximum atomic E-state index is 12.6. The molecule has 142 valence electrons. The fraction of sp³-hybridized carbons (Fsp3) is 0.136. The molecule has 5 nitrogen and oxygen atoms in total. The molecule has 0 radical (unpaired) electrons. The Balaban J connectivity index is 1.72. The molecular formula is C22H20ClN3O2. The summed E-state index contributed by atoms with van der Waals surface area (Å²) in [7, 11) is 0. The Bertz CT molecular complexity index is 1010. The third kappa shape index (κ3) is 4.75. The highest BCUT2D eigenvalue weighted by Gasteiger charge is 2.15. The number of hydrogen-bond donors (Lipinski definition) is 2. The van der Waals surface area contributed by atoms with Crippen molar-refractivity contribution >= 4 is 29.1 Å². The van der Waals surface area contributed by atoms with Gasteiger partial charge in [-0.3, -0.25) is 14.6 Å². The lowest BCUT2D eigenvalue weighted by Crippen LogP contribution is -2.27. The number of halogens is 1. The van der Waals surface area contributed by atoms with Gasteiger partial charge in [-0.2, -0.15) is 0 Å². The summed E-state index contributed by atoms with van der Waals surface area (Å²) in [6.07, 6.45) is 2.87. The Kier molecular flexibility index (Phi) is 6.06. The van der Waals surface area contributed by atoms with E-state index in [1.165, 1.54) is 18.5 Å². The van der Waals surface area contributed by atoms with Crippen LogP contribution in [0.5, 0.6) is 0 Å². The number of nitrogens with one attached hydrogen (secondary N) is 2. The summed E-state index contributed by atoms with van der Waals surface area (Å²) < 4.78 is 0. The van der Waals surface area contributed by atoms with E-state index in [2.05, 4.69) is 15.6 Å². The second-order valence-electron chi connectivity index (χ2n) is 6.48. The molecule has 0 spiro atoms. The number of pyridine rings is 1. The SMILES string of the molecule is Cc1cc(Cl)ccc1NC(=O)c1cncc(C(=O)NC(C)c2ccccc2)c1. The van der Waals surface area contributed by atoms with E-state index in [0.717, 1.165) is 11.1 Å². The van der Waals surface area contributed by atoms with Gasteiger partial charge in [0.1, 0.15) is 0 Å². The van der Waals surface area contributed by atoms with Crippen molar-refractivity contribution in [3.8, 4) is 0 Å². The number of anilines is 1. The van der Waals surface area contributed by atoms with Gasteiger partial charge in [0.05, 0.1) is 17.2 Å². The van der Waals surface area contributed by atoms with E-state index >= 15 is 0 Å². The van der Waals surface area contributed by atoms with Gasteiger partial charge in [-0.1, -0.05) is 41.9 Å². The molecule has 6 heteroatoms. The molecule has 3 rings (SSSR count). The largest absolute Gasteiger partial charge is 0.345 e. The highest BCUT2D eigenvalue weighted by atomic mass is 35.5. The van der Waals surface area contributed by atoms with Gasteiger partial charge < -0.3 is 10.6 Å². The minimum absolute atomic E-state index is 0.164. The van der Waals surface area contributed by atoms with Gasteiger partial charge in [0, 0.05) is 23.1 Å². The van der Waals surface area contributed by atoms with Crippen molar-refractivity contribution in [3.63, 3.8) is 0 Å². The van der Waals surface area contributed by atoms with Crippen molar-refractivity contribution in [1.29, 1.82) is 0 Å². The molecule has 0 saturated carbocycles. The topological polar surface area (TPSA) is 71.1 Å². The molecule has 1 atom stereocenters. The van der Waals surface area contributed by atoms with Crippen molar-refractivity contribution in [1.82, 2.24) is 10.3 Å². The Morgan fingerprint density at radius 2 is 1.64 bits per heavy atom. The van der Waals surface area contributed by atoms with Crippen LogP contribution in [-0.4, -0.2) is 16.8 Å². The number of amides is 2. The van der Waals surface area contributed by atoms with E-state index in [1.54, 1.807) is 18.2 Å². The number of benzene rings is 2. The molecule has 3 aromatic rings. The number of carbonyl (C=O) groups is 2. The lowest BCUT2D eigenvalue weighted by molar-refractivity contribution is 0.0939. The number of hydrogen-bond acceptors (Lipinski definition) is 3. The van der Waals surface area contributed by atoms with E-state index < -0.39 is 0 Å². The molecule has 0 saturated heterocycles. The molecule has 2 aromatic carbocycles. The van der Waals surface area contributed by atoms with Crippen molar-refractivity contribution in [2.24, 2.45) is 0 Å². The predicted octanol–water partition coefficient (Wildman–Crippen LogP) is 4.79. The smallest absolute Gasteiger partial charge is 0.257 e. The zero-order valence-electron chi connectivity index (χ0n) is 15.6. The lowest BCUT2D eigenvalue weighted by Gasteiger charge is -2.14. The van der Waals surface area contributed by atoms with Gasteiger partial charge in [0.15, 0.2) is 0 Å². The summed E-state index contributed by atoms with van der Waals surface area (Å²) in [6.45, 7) is 3.76. The molecule has 2 N–H and O–H groups in total. The Morgan fingerprint density at radius 3 is 2.32 bits per heavy atom. The molecule has 28 heavy (non-hydrogen) atoms. The first-order chi connectivity index (χ1) is 13.4. The summed E-state index contributed by atoms with van der Waals surface area (Å²) in [6, 6.07) is 16.2. The van der Waals surface area contributed by atoms with Crippen LogP contribution in [0.15, 0.2) is 67.0 Å².